The van der Waals surface area contributed by atoms with E-state index in [4.69, 9.17) is 4.74 Å². The van der Waals surface area contributed by atoms with Crippen molar-refractivity contribution in [3.8, 4) is 0 Å². The number of para-hydroxylation sites is 1. The molecule has 6 heteroatoms. The van der Waals surface area contributed by atoms with Crippen molar-refractivity contribution in [3.05, 3.63) is 84.1 Å². The molecule has 1 atom stereocenters. The Morgan fingerprint density at radius 1 is 1.19 bits per heavy atom. The highest BCUT2D eigenvalue weighted by molar-refractivity contribution is 7.90. The quantitative estimate of drug-likeness (QED) is 0.472. The van der Waals surface area contributed by atoms with Crippen LogP contribution in [-0.4, -0.2) is 25.0 Å². The average Bonchev–Trinajstić information content (AvgIpc) is 3.04. The molecule has 0 radical (unpaired) electrons. The number of aryl methyl sites for hydroxylation is 1. The summed E-state index contributed by atoms with van der Waals surface area (Å²) < 4.78 is 33.2. The van der Waals surface area contributed by atoms with Crippen LogP contribution < -0.4 is 0 Å². The van der Waals surface area contributed by atoms with Crippen molar-refractivity contribution >= 4 is 26.9 Å². The lowest BCUT2D eigenvalue weighted by atomic mass is 10.1. The lowest BCUT2D eigenvalue weighted by molar-refractivity contribution is 0.0518. The van der Waals surface area contributed by atoms with Crippen molar-refractivity contribution in [1.82, 2.24) is 3.97 Å². The Labute approximate surface area is 158 Å². The minimum atomic E-state index is -4.00. The zero-order chi connectivity index (χ0) is 19.6. The predicted octanol–water partition coefficient (Wildman–Crippen LogP) is 4.23. The maximum atomic E-state index is 13.5. The minimum absolute atomic E-state index is 0.0167. The standard InChI is InChI=1S/C21H21NO4S/c1-4-20(16-12-10-15(3)11-13-16)27(24,25)22-18-9-7-6-8-17(18)14-19(22)21(23)26-5-2/h4,6-14,20H,1,5H2,2-3H3. The highest BCUT2D eigenvalue weighted by Gasteiger charge is 2.32. The van der Waals surface area contributed by atoms with E-state index < -0.39 is 21.2 Å². The van der Waals surface area contributed by atoms with E-state index in [1.807, 2.05) is 19.1 Å². The van der Waals surface area contributed by atoms with Crippen LogP contribution in [0.4, 0.5) is 0 Å². The Bertz CT molecular complexity index is 1090. The number of carbonyl (C=O) groups excluding carboxylic acids is 1. The average molecular weight is 383 g/mol. The third-order valence-electron chi connectivity index (χ3n) is 4.35. The molecule has 1 aromatic heterocycles. The molecule has 140 valence electrons. The molecule has 0 aliphatic heterocycles. The lowest BCUT2D eigenvalue weighted by Crippen LogP contribution is -2.24. The molecule has 0 saturated heterocycles. The third-order valence-corrected chi connectivity index (χ3v) is 6.36. The summed E-state index contributed by atoms with van der Waals surface area (Å²) in [5.74, 6) is -0.677. The molecule has 27 heavy (non-hydrogen) atoms. The third kappa shape index (κ3) is 3.40. The molecule has 2 aromatic carbocycles. The summed E-state index contributed by atoms with van der Waals surface area (Å²) in [5.41, 5.74) is 2.03. The molecule has 0 aliphatic rings. The molecule has 5 nitrogen and oxygen atoms in total. The van der Waals surface area contributed by atoms with E-state index >= 15 is 0 Å². The summed E-state index contributed by atoms with van der Waals surface area (Å²) >= 11 is 0. The van der Waals surface area contributed by atoms with Gasteiger partial charge in [0.15, 0.2) is 0 Å². The summed E-state index contributed by atoms with van der Waals surface area (Å²) in [7, 11) is -4.00. The molecular formula is C21H21NO4S. The van der Waals surface area contributed by atoms with Crippen LogP contribution in [0.15, 0.2) is 67.3 Å². The summed E-state index contributed by atoms with van der Waals surface area (Å²) in [6.45, 7) is 7.48. The number of ether oxygens (including phenoxy) is 1. The molecule has 0 fully saturated rings. The topological polar surface area (TPSA) is 65.4 Å². The normalized spacial score (nSPS) is 12.7. The fourth-order valence-corrected chi connectivity index (χ4v) is 4.86. The Kier molecular flexibility index (Phi) is 5.19. The van der Waals surface area contributed by atoms with Crippen molar-refractivity contribution in [2.24, 2.45) is 0 Å². The molecule has 1 heterocycles. The monoisotopic (exact) mass is 383 g/mol. The first-order valence-electron chi connectivity index (χ1n) is 8.61. The van der Waals surface area contributed by atoms with Gasteiger partial charge in [-0.1, -0.05) is 54.1 Å². The van der Waals surface area contributed by atoms with E-state index in [0.29, 0.717) is 16.5 Å². The molecule has 3 aromatic rings. The van der Waals surface area contributed by atoms with Crippen molar-refractivity contribution in [2.45, 2.75) is 19.1 Å². The number of benzene rings is 2. The van der Waals surface area contributed by atoms with Gasteiger partial charge in [0.25, 0.3) is 0 Å². The van der Waals surface area contributed by atoms with Crippen LogP contribution in [0.1, 0.15) is 33.8 Å². The van der Waals surface area contributed by atoms with Crippen LogP contribution in [0.25, 0.3) is 10.9 Å². The van der Waals surface area contributed by atoms with Crippen molar-refractivity contribution < 1.29 is 17.9 Å². The molecule has 1 unspecified atom stereocenters. The van der Waals surface area contributed by atoms with Gasteiger partial charge in [-0.15, -0.1) is 6.58 Å². The number of hydrogen-bond donors (Lipinski definition) is 0. The van der Waals surface area contributed by atoms with E-state index in [1.54, 1.807) is 49.4 Å². The van der Waals surface area contributed by atoms with Gasteiger partial charge >= 0.3 is 5.97 Å². The van der Waals surface area contributed by atoms with Crippen LogP contribution >= 0.6 is 0 Å². The summed E-state index contributed by atoms with van der Waals surface area (Å²) in [5, 5.41) is -0.349. The van der Waals surface area contributed by atoms with Crippen LogP contribution in [0.2, 0.25) is 0 Å². The van der Waals surface area contributed by atoms with Crippen LogP contribution in [0.3, 0.4) is 0 Å². The van der Waals surface area contributed by atoms with Gasteiger partial charge in [-0.3, -0.25) is 0 Å². The minimum Gasteiger partial charge on any atom is -0.461 e. The van der Waals surface area contributed by atoms with Crippen molar-refractivity contribution in [1.29, 1.82) is 0 Å². The first-order valence-corrected chi connectivity index (χ1v) is 10.1. The Morgan fingerprint density at radius 2 is 1.85 bits per heavy atom. The number of carbonyl (C=O) groups is 1. The SMILES string of the molecule is C=CC(c1ccc(C)cc1)S(=O)(=O)n1c(C(=O)OCC)cc2ccccc21. The van der Waals surface area contributed by atoms with Crippen molar-refractivity contribution in [3.63, 3.8) is 0 Å². The van der Waals surface area contributed by atoms with Gasteiger partial charge < -0.3 is 4.74 Å². The summed E-state index contributed by atoms with van der Waals surface area (Å²) in [4.78, 5) is 12.4. The summed E-state index contributed by atoms with van der Waals surface area (Å²) in [6, 6.07) is 15.7. The van der Waals surface area contributed by atoms with Gasteiger partial charge in [-0.2, -0.15) is 0 Å². The van der Waals surface area contributed by atoms with E-state index in [2.05, 4.69) is 6.58 Å². The molecule has 0 amide bonds. The van der Waals surface area contributed by atoms with E-state index in [9.17, 15) is 13.2 Å². The Morgan fingerprint density at radius 3 is 2.48 bits per heavy atom. The van der Waals surface area contributed by atoms with Gasteiger partial charge in [0.2, 0.25) is 10.0 Å². The summed E-state index contributed by atoms with van der Waals surface area (Å²) in [6.07, 6.45) is 1.38. The maximum absolute atomic E-state index is 13.5. The van der Waals surface area contributed by atoms with Gasteiger partial charge in [-0.25, -0.2) is 17.2 Å². The number of fused-ring (bicyclic) bond motifs is 1. The zero-order valence-corrected chi connectivity index (χ0v) is 16.1. The number of hydrogen-bond acceptors (Lipinski definition) is 4. The molecule has 0 saturated carbocycles. The van der Waals surface area contributed by atoms with Gasteiger partial charge in [0.1, 0.15) is 10.9 Å². The first-order chi connectivity index (χ1) is 12.9. The number of rotatable bonds is 6. The van der Waals surface area contributed by atoms with E-state index in [-0.39, 0.29) is 12.3 Å². The van der Waals surface area contributed by atoms with Gasteiger partial charge in [0.05, 0.1) is 12.1 Å². The second-order valence-corrected chi connectivity index (χ2v) is 8.09. The van der Waals surface area contributed by atoms with E-state index in [1.165, 1.54) is 6.08 Å². The number of nitrogens with zero attached hydrogens (tertiary/aromatic N) is 1. The molecule has 3 rings (SSSR count). The second-order valence-electron chi connectivity index (χ2n) is 6.19. The first kappa shape index (κ1) is 18.9. The fraction of sp³-hybridized carbons (Fsp3) is 0.190. The predicted molar refractivity (Wildman–Crippen MR) is 106 cm³/mol. The molecule has 0 aliphatic carbocycles. The number of esters is 1. The van der Waals surface area contributed by atoms with Crippen LogP contribution in [0.5, 0.6) is 0 Å². The van der Waals surface area contributed by atoms with Crippen LogP contribution in [0, 0.1) is 6.92 Å². The highest BCUT2D eigenvalue weighted by Crippen LogP contribution is 2.31. The maximum Gasteiger partial charge on any atom is 0.356 e. The zero-order valence-electron chi connectivity index (χ0n) is 15.3. The highest BCUT2D eigenvalue weighted by atomic mass is 32.2. The number of aromatic nitrogens is 1. The Hall–Kier alpha value is -2.86. The van der Waals surface area contributed by atoms with Gasteiger partial charge in [-0.05, 0) is 31.5 Å². The smallest absolute Gasteiger partial charge is 0.356 e. The van der Waals surface area contributed by atoms with Crippen LogP contribution in [-0.2, 0) is 14.8 Å². The molecule has 0 spiro atoms. The molecule has 0 bridgehead atoms. The largest absolute Gasteiger partial charge is 0.461 e. The lowest BCUT2D eigenvalue weighted by Gasteiger charge is -2.18. The second kappa shape index (κ2) is 7.40. The Balaban J connectivity index is 2.25. The molecular weight excluding hydrogens is 362 g/mol. The van der Waals surface area contributed by atoms with Gasteiger partial charge in [0, 0.05) is 5.39 Å². The fourth-order valence-electron chi connectivity index (χ4n) is 3.05. The molecule has 0 N–H and O–H groups in total. The van der Waals surface area contributed by atoms with Crippen molar-refractivity contribution in [2.75, 3.05) is 6.61 Å². The van der Waals surface area contributed by atoms with E-state index in [0.717, 1.165) is 9.54 Å².